The minimum atomic E-state index is -3.82. The standard InChI is InChI=1S/C24H32N4O2S/c1-18-12-13-24-23(14-18)26-17-28(24)31(29,30)27-22-11-7-6-10-21(22)16-25-19(2)15-20-8-4-3-5-9-20/h6-7,10-14,17,19-20,25,27H,3-5,8-9,15-16H2,1-2H3. The van der Waals surface area contributed by atoms with Crippen LogP contribution in [0.15, 0.2) is 48.8 Å². The lowest BCUT2D eigenvalue weighted by molar-refractivity contribution is 0.305. The second-order valence-corrected chi connectivity index (χ2v) is 10.4. The Balaban J connectivity index is 1.46. The van der Waals surface area contributed by atoms with E-state index in [-0.39, 0.29) is 0 Å². The number of hydrogen-bond acceptors (Lipinski definition) is 4. The molecule has 7 heteroatoms. The van der Waals surface area contributed by atoms with Crippen molar-refractivity contribution in [1.29, 1.82) is 0 Å². The second kappa shape index (κ2) is 9.40. The highest BCUT2D eigenvalue weighted by Crippen LogP contribution is 2.27. The van der Waals surface area contributed by atoms with E-state index in [1.165, 1.54) is 48.8 Å². The molecular formula is C24H32N4O2S. The molecule has 1 unspecified atom stereocenters. The largest absolute Gasteiger partial charge is 0.329 e. The fraction of sp³-hybridized carbons (Fsp3) is 0.458. The SMILES string of the molecule is Cc1ccc2c(c1)ncn2S(=O)(=O)Nc1ccccc1CNC(C)CC1CCCCC1. The van der Waals surface area contributed by atoms with Crippen molar-refractivity contribution in [3.63, 3.8) is 0 Å². The van der Waals surface area contributed by atoms with E-state index >= 15 is 0 Å². The number of rotatable bonds is 8. The van der Waals surface area contributed by atoms with Crippen LogP contribution in [0.4, 0.5) is 5.69 Å². The van der Waals surface area contributed by atoms with Crippen LogP contribution >= 0.6 is 0 Å². The van der Waals surface area contributed by atoms with Crippen molar-refractivity contribution in [1.82, 2.24) is 14.3 Å². The zero-order valence-electron chi connectivity index (χ0n) is 18.3. The molecule has 1 heterocycles. The molecule has 2 aromatic carbocycles. The van der Waals surface area contributed by atoms with Gasteiger partial charge in [0.05, 0.1) is 16.7 Å². The molecule has 0 bridgehead atoms. The molecule has 166 valence electrons. The van der Waals surface area contributed by atoms with E-state index in [1.54, 1.807) is 6.07 Å². The third-order valence-corrected chi connectivity index (χ3v) is 7.52. The lowest BCUT2D eigenvalue weighted by Crippen LogP contribution is -2.29. The number of aromatic nitrogens is 2. The summed E-state index contributed by atoms with van der Waals surface area (Å²) in [6.45, 7) is 4.81. The maximum atomic E-state index is 13.1. The first-order valence-corrected chi connectivity index (χ1v) is 12.6. The van der Waals surface area contributed by atoms with Gasteiger partial charge in [-0.15, -0.1) is 0 Å². The van der Waals surface area contributed by atoms with Crippen LogP contribution in [-0.4, -0.2) is 23.4 Å². The molecule has 0 radical (unpaired) electrons. The molecule has 1 saturated carbocycles. The Morgan fingerprint density at radius 2 is 1.90 bits per heavy atom. The molecule has 2 N–H and O–H groups in total. The van der Waals surface area contributed by atoms with E-state index in [0.29, 0.717) is 29.3 Å². The summed E-state index contributed by atoms with van der Waals surface area (Å²) in [5, 5.41) is 3.59. The van der Waals surface area contributed by atoms with Crippen LogP contribution in [0.1, 0.15) is 56.6 Å². The Kier molecular flexibility index (Phi) is 6.62. The monoisotopic (exact) mass is 440 g/mol. The molecule has 4 rings (SSSR count). The van der Waals surface area contributed by atoms with Crippen molar-refractivity contribution >= 4 is 26.9 Å². The van der Waals surface area contributed by atoms with Gasteiger partial charge in [0.15, 0.2) is 0 Å². The van der Waals surface area contributed by atoms with Crippen molar-refractivity contribution in [3.05, 3.63) is 59.9 Å². The molecule has 0 aliphatic heterocycles. The summed E-state index contributed by atoms with van der Waals surface area (Å²) >= 11 is 0. The van der Waals surface area contributed by atoms with Crippen LogP contribution in [0.3, 0.4) is 0 Å². The normalized spacial score (nSPS) is 16.5. The summed E-state index contributed by atoms with van der Waals surface area (Å²) in [4.78, 5) is 4.26. The van der Waals surface area contributed by atoms with Gasteiger partial charge in [0.1, 0.15) is 6.33 Å². The first kappa shape index (κ1) is 21.8. The van der Waals surface area contributed by atoms with Crippen LogP contribution in [0, 0.1) is 12.8 Å². The zero-order chi connectivity index (χ0) is 21.8. The molecule has 1 atom stereocenters. The first-order chi connectivity index (χ1) is 14.9. The fourth-order valence-corrected chi connectivity index (χ4v) is 5.70. The van der Waals surface area contributed by atoms with Gasteiger partial charge in [0.25, 0.3) is 0 Å². The molecule has 6 nitrogen and oxygen atoms in total. The average molecular weight is 441 g/mol. The van der Waals surface area contributed by atoms with E-state index in [9.17, 15) is 8.42 Å². The van der Waals surface area contributed by atoms with Crippen LogP contribution in [-0.2, 0) is 16.8 Å². The molecular weight excluding hydrogens is 408 g/mol. The number of para-hydroxylation sites is 1. The third kappa shape index (κ3) is 5.28. The van der Waals surface area contributed by atoms with Gasteiger partial charge in [-0.05, 0) is 55.5 Å². The fourth-order valence-electron chi connectivity index (χ4n) is 4.54. The quantitative estimate of drug-likeness (QED) is 0.517. The van der Waals surface area contributed by atoms with Gasteiger partial charge in [0, 0.05) is 12.6 Å². The summed E-state index contributed by atoms with van der Waals surface area (Å²) in [7, 11) is -3.82. The van der Waals surface area contributed by atoms with Gasteiger partial charge in [-0.25, -0.2) is 8.96 Å². The van der Waals surface area contributed by atoms with Gasteiger partial charge in [-0.1, -0.05) is 56.4 Å². The lowest BCUT2D eigenvalue weighted by Gasteiger charge is -2.25. The van der Waals surface area contributed by atoms with E-state index in [2.05, 4.69) is 21.9 Å². The summed E-state index contributed by atoms with van der Waals surface area (Å²) in [5.41, 5.74) is 3.80. The topological polar surface area (TPSA) is 76.0 Å². The number of nitrogens with one attached hydrogen (secondary N) is 2. The van der Waals surface area contributed by atoms with Crippen LogP contribution in [0.2, 0.25) is 0 Å². The van der Waals surface area contributed by atoms with E-state index in [0.717, 1.165) is 17.0 Å². The smallest absolute Gasteiger partial charge is 0.310 e. The first-order valence-electron chi connectivity index (χ1n) is 11.2. The Hall–Kier alpha value is -2.38. The molecule has 1 fully saturated rings. The predicted octanol–water partition coefficient (Wildman–Crippen LogP) is 5.00. The minimum Gasteiger partial charge on any atom is -0.310 e. The number of aryl methyl sites for hydroxylation is 1. The highest BCUT2D eigenvalue weighted by molar-refractivity contribution is 7.91. The highest BCUT2D eigenvalue weighted by Gasteiger charge is 2.19. The van der Waals surface area contributed by atoms with E-state index in [1.807, 2.05) is 43.3 Å². The van der Waals surface area contributed by atoms with Crippen molar-refractivity contribution < 1.29 is 8.42 Å². The average Bonchev–Trinajstić information content (AvgIpc) is 3.17. The molecule has 3 aromatic rings. The summed E-state index contributed by atoms with van der Waals surface area (Å²) in [5.74, 6) is 0.808. The maximum Gasteiger partial charge on any atom is 0.329 e. The van der Waals surface area contributed by atoms with Crippen LogP contribution in [0.5, 0.6) is 0 Å². The second-order valence-electron chi connectivity index (χ2n) is 8.82. The maximum absolute atomic E-state index is 13.1. The highest BCUT2D eigenvalue weighted by atomic mass is 32.2. The number of hydrogen-bond donors (Lipinski definition) is 2. The van der Waals surface area contributed by atoms with Gasteiger partial charge < -0.3 is 5.32 Å². The number of fused-ring (bicyclic) bond motifs is 1. The minimum absolute atomic E-state index is 0.397. The zero-order valence-corrected chi connectivity index (χ0v) is 19.2. The lowest BCUT2D eigenvalue weighted by atomic mass is 9.85. The molecule has 31 heavy (non-hydrogen) atoms. The molecule has 1 aliphatic carbocycles. The van der Waals surface area contributed by atoms with Gasteiger partial charge in [-0.2, -0.15) is 8.42 Å². The van der Waals surface area contributed by atoms with Crippen molar-refractivity contribution in [2.45, 2.75) is 65.0 Å². The molecule has 1 aliphatic rings. The summed E-state index contributed by atoms with van der Waals surface area (Å²) in [6, 6.07) is 13.5. The number of anilines is 1. The van der Waals surface area contributed by atoms with Crippen LogP contribution < -0.4 is 10.0 Å². The Morgan fingerprint density at radius 1 is 1.13 bits per heavy atom. The Bertz CT molecular complexity index is 1130. The van der Waals surface area contributed by atoms with E-state index < -0.39 is 10.2 Å². The number of nitrogens with zero attached hydrogens (tertiary/aromatic N) is 2. The molecule has 0 spiro atoms. The third-order valence-electron chi connectivity index (χ3n) is 6.24. The Morgan fingerprint density at radius 3 is 2.71 bits per heavy atom. The van der Waals surface area contributed by atoms with Crippen molar-refractivity contribution in [2.24, 2.45) is 5.92 Å². The molecule has 1 aromatic heterocycles. The Labute approximate surface area is 185 Å². The number of benzene rings is 2. The van der Waals surface area contributed by atoms with Gasteiger partial charge in [-0.3, -0.25) is 4.72 Å². The van der Waals surface area contributed by atoms with Crippen LogP contribution in [0.25, 0.3) is 11.0 Å². The van der Waals surface area contributed by atoms with Gasteiger partial charge in [0.2, 0.25) is 0 Å². The predicted molar refractivity (Wildman–Crippen MR) is 126 cm³/mol. The van der Waals surface area contributed by atoms with Gasteiger partial charge >= 0.3 is 10.2 Å². The van der Waals surface area contributed by atoms with E-state index in [4.69, 9.17) is 0 Å². The summed E-state index contributed by atoms with van der Waals surface area (Å²) < 4.78 is 30.2. The molecule has 0 saturated heterocycles. The van der Waals surface area contributed by atoms with Crippen molar-refractivity contribution in [2.75, 3.05) is 4.72 Å². The van der Waals surface area contributed by atoms with Crippen molar-refractivity contribution in [3.8, 4) is 0 Å². The summed E-state index contributed by atoms with van der Waals surface area (Å²) in [6.07, 6.45) is 9.28. The number of imidazole rings is 1. The molecule has 0 amide bonds.